The minimum Gasteiger partial charge on any atom is -0.321 e. The average Bonchev–Trinajstić information content (AvgIpc) is 2.62. The first kappa shape index (κ1) is 12.1. The van der Waals surface area contributed by atoms with Crippen molar-refractivity contribution in [2.45, 2.75) is 13.1 Å². The molecule has 90 valence electrons. The molecule has 17 heavy (non-hydrogen) atoms. The minimum atomic E-state index is 0.674. The van der Waals surface area contributed by atoms with Gasteiger partial charge in [0.15, 0.2) is 0 Å². The molecule has 0 saturated carbocycles. The number of nitrogens with zero attached hydrogens (tertiary/aromatic N) is 3. The summed E-state index contributed by atoms with van der Waals surface area (Å²) in [6.45, 7) is 1.70. The summed E-state index contributed by atoms with van der Waals surface area (Å²) < 4.78 is 1.91. The van der Waals surface area contributed by atoms with E-state index in [2.05, 4.69) is 41.2 Å². The van der Waals surface area contributed by atoms with E-state index in [0.717, 1.165) is 18.9 Å². The molecule has 0 atom stereocenters. The monoisotopic (exact) mass is 249 g/mol. The van der Waals surface area contributed by atoms with Crippen molar-refractivity contribution in [3.05, 3.63) is 53.1 Å². The largest absolute Gasteiger partial charge is 0.321 e. The lowest BCUT2D eigenvalue weighted by molar-refractivity contribution is 0.307. The maximum Gasteiger partial charge on any atom is 0.128 e. The molecule has 0 unspecified atom stereocenters. The first-order valence-corrected chi connectivity index (χ1v) is 5.93. The zero-order valence-electron chi connectivity index (χ0n) is 10.1. The van der Waals surface area contributed by atoms with Crippen LogP contribution in [0.2, 0.25) is 5.15 Å². The zero-order chi connectivity index (χ0) is 12.3. The zero-order valence-corrected chi connectivity index (χ0v) is 10.9. The van der Waals surface area contributed by atoms with Crippen LogP contribution in [0.3, 0.4) is 0 Å². The highest BCUT2D eigenvalue weighted by Gasteiger charge is 2.07. The average molecular weight is 250 g/mol. The highest BCUT2D eigenvalue weighted by Crippen LogP contribution is 2.11. The second-order valence-corrected chi connectivity index (χ2v) is 4.60. The van der Waals surface area contributed by atoms with E-state index >= 15 is 0 Å². The molecule has 0 fully saturated rings. The third kappa shape index (κ3) is 3.08. The molecule has 1 aromatic heterocycles. The second-order valence-electron chi connectivity index (χ2n) is 4.21. The van der Waals surface area contributed by atoms with Crippen LogP contribution in [0.15, 0.2) is 36.5 Å². The quantitative estimate of drug-likeness (QED) is 0.831. The number of benzene rings is 1. The van der Waals surface area contributed by atoms with Crippen LogP contribution in [0.5, 0.6) is 0 Å². The topological polar surface area (TPSA) is 21.1 Å². The summed E-state index contributed by atoms with van der Waals surface area (Å²) >= 11 is 5.95. The van der Waals surface area contributed by atoms with Crippen LogP contribution in [0.1, 0.15) is 11.4 Å². The molecule has 0 aliphatic rings. The van der Waals surface area contributed by atoms with Gasteiger partial charge in [-0.3, -0.25) is 4.90 Å². The molecule has 1 aromatic carbocycles. The number of halogens is 1. The molecule has 0 aliphatic heterocycles. The van der Waals surface area contributed by atoms with Crippen molar-refractivity contribution in [1.82, 2.24) is 14.5 Å². The lowest BCUT2D eigenvalue weighted by Gasteiger charge is -2.16. The Hall–Kier alpha value is -1.32. The van der Waals surface area contributed by atoms with E-state index < -0.39 is 0 Å². The summed E-state index contributed by atoms with van der Waals surface area (Å²) in [4.78, 5) is 6.50. The summed E-state index contributed by atoms with van der Waals surface area (Å²) in [7, 11) is 4.01. The summed E-state index contributed by atoms with van der Waals surface area (Å²) in [5.41, 5.74) is 1.30. The molecule has 3 nitrogen and oxygen atoms in total. The van der Waals surface area contributed by atoms with Crippen LogP contribution >= 0.6 is 11.6 Å². The van der Waals surface area contributed by atoms with Crippen LogP contribution in [-0.4, -0.2) is 21.5 Å². The molecular formula is C13H16ClN3. The maximum absolute atomic E-state index is 5.95. The van der Waals surface area contributed by atoms with Crippen molar-refractivity contribution < 1.29 is 0 Å². The fourth-order valence-electron chi connectivity index (χ4n) is 1.76. The molecular weight excluding hydrogens is 234 g/mol. The Kier molecular flexibility index (Phi) is 3.82. The van der Waals surface area contributed by atoms with Gasteiger partial charge >= 0.3 is 0 Å². The van der Waals surface area contributed by atoms with Crippen molar-refractivity contribution in [2.24, 2.45) is 7.05 Å². The van der Waals surface area contributed by atoms with Crippen molar-refractivity contribution in [2.75, 3.05) is 7.05 Å². The lowest BCUT2D eigenvalue weighted by Crippen LogP contribution is -2.19. The molecule has 0 saturated heterocycles. The Labute approximate surface area is 107 Å². The Morgan fingerprint density at radius 1 is 1.24 bits per heavy atom. The van der Waals surface area contributed by atoms with Crippen LogP contribution in [0.25, 0.3) is 0 Å². The normalized spacial score (nSPS) is 11.1. The van der Waals surface area contributed by atoms with E-state index in [-0.39, 0.29) is 0 Å². The van der Waals surface area contributed by atoms with Crippen LogP contribution < -0.4 is 0 Å². The van der Waals surface area contributed by atoms with Crippen LogP contribution in [0, 0.1) is 0 Å². The fourth-order valence-corrected chi connectivity index (χ4v) is 1.91. The van der Waals surface area contributed by atoms with Gasteiger partial charge in [-0.25, -0.2) is 4.98 Å². The van der Waals surface area contributed by atoms with Crippen molar-refractivity contribution in [1.29, 1.82) is 0 Å². The predicted octanol–water partition coefficient (Wildman–Crippen LogP) is 2.71. The van der Waals surface area contributed by atoms with Crippen LogP contribution in [-0.2, 0) is 20.1 Å². The second kappa shape index (κ2) is 5.34. The molecule has 0 spiro atoms. The fraction of sp³-hybridized carbons (Fsp3) is 0.308. The lowest BCUT2D eigenvalue weighted by atomic mass is 10.2. The van der Waals surface area contributed by atoms with E-state index in [9.17, 15) is 0 Å². The summed E-state index contributed by atoms with van der Waals surface area (Å²) in [6, 6.07) is 10.4. The molecule has 4 heteroatoms. The van der Waals surface area contributed by atoms with E-state index in [1.807, 2.05) is 17.7 Å². The predicted molar refractivity (Wildman–Crippen MR) is 69.8 cm³/mol. The van der Waals surface area contributed by atoms with Crippen molar-refractivity contribution >= 4 is 11.6 Å². The molecule has 0 N–H and O–H groups in total. The minimum absolute atomic E-state index is 0.674. The van der Waals surface area contributed by atoms with Gasteiger partial charge in [0.25, 0.3) is 0 Å². The molecule has 0 bridgehead atoms. The highest BCUT2D eigenvalue weighted by molar-refractivity contribution is 6.29. The highest BCUT2D eigenvalue weighted by atomic mass is 35.5. The standard InChI is InChI=1S/C13H16ClN3/c1-16(9-11-6-4-3-5-7-11)10-13-15-8-12(14)17(13)2/h3-8H,9-10H2,1-2H3. The van der Waals surface area contributed by atoms with Gasteiger partial charge in [-0.2, -0.15) is 0 Å². The van der Waals surface area contributed by atoms with E-state index in [4.69, 9.17) is 11.6 Å². The van der Waals surface area contributed by atoms with Gasteiger partial charge in [-0.05, 0) is 12.6 Å². The number of hydrogen-bond donors (Lipinski definition) is 0. The SMILES string of the molecule is CN(Cc1ccccc1)Cc1ncc(Cl)n1C. The first-order chi connectivity index (χ1) is 8.16. The van der Waals surface area contributed by atoms with Gasteiger partial charge in [0.05, 0.1) is 12.7 Å². The Balaban J connectivity index is 1.98. The van der Waals surface area contributed by atoms with Gasteiger partial charge in [0.2, 0.25) is 0 Å². The third-order valence-electron chi connectivity index (χ3n) is 2.73. The van der Waals surface area contributed by atoms with E-state index in [1.165, 1.54) is 5.56 Å². The van der Waals surface area contributed by atoms with E-state index in [0.29, 0.717) is 5.15 Å². The van der Waals surface area contributed by atoms with E-state index in [1.54, 1.807) is 6.20 Å². The number of rotatable bonds is 4. The molecule has 2 aromatic rings. The van der Waals surface area contributed by atoms with Crippen LogP contribution in [0.4, 0.5) is 0 Å². The van der Waals surface area contributed by atoms with Crippen molar-refractivity contribution in [3.63, 3.8) is 0 Å². The van der Waals surface area contributed by atoms with Gasteiger partial charge in [0.1, 0.15) is 11.0 Å². The smallest absolute Gasteiger partial charge is 0.128 e. The Morgan fingerprint density at radius 3 is 2.53 bits per heavy atom. The first-order valence-electron chi connectivity index (χ1n) is 5.55. The molecule has 2 rings (SSSR count). The van der Waals surface area contributed by atoms with Gasteiger partial charge in [0, 0.05) is 13.6 Å². The molecule has 1 heterocycles. The number of imidazole rings is 1. The number of hydrogen-bond acceptors (Lipinski definition) is 2. The molecule has 0 radical (unpaired) electrons. The molecule has 0 amide bonds. The Bertz CT molecular complexity index is 479. The summed E-state index contributed by atoms with van der Waals surface area (Å²) in [5.74, 6) is 0.980. The third-order valence-corrected chi connectivity index (χ3v) is 3.09. The molecule has 0 aliphatic carbocycles. The number of aromatic nitrogens is 2. The van der Waals surface area contributed by atoms with Gasteiger partial charge < -0.3 is 4.57 Å². The summed E-state index contributed by atoms with van der Waals surface area (Å²) in [5, 5.41) is 0.674. The Morgan fingerprint density at radius 2 is 1.94 bits per heavy atom. The maximum atomic E-state index is 5.95. The van der Waals surface area contributed by atoms with Gasteiger partial charge in [-0.1, -0.05) is 41.9 Å². The van der Waals surface area contributed by atoms with Gasteiger partial charge in [-0.15, -0.1) is 0 Å². The van der Waals surface area contributed by atoms with Crippen molar-refractivity contribution in [3.8, 4) is 0 Å². The summed E-state index contributed by atoms with van der Waals surface area (Å²) in [6.07, 6.45) is 1.69.